The van der Waals surface area contributed by atoms with Crippen LogP contribution in [0.15, 0.2) is 123 Å². The van der Waals surface area contributed by atoms with Gasteiger partial charge in [-0.15, -0.1) is 0 Å². The third-order valence-electron chi connectivity index (χ3n) is 4.73. The van der Waals surface area contributed by atoms with Gasteiger partial charge in [-0.3, -0.25) is 4.90 Å². The molecule has 4 aromatic carbocycles. The van der Waals surface area contributed by atoms with Gasteiger partial charge in [-0.05, 0) is 48.5 Å². The van der Waals surface area contributed by atoms with E-state index in [4.69, 9.17) is 0 Å². The van der Waals surface area contributed by atoms with Crippen molar-refractivity contribution >= 4 is 46.6 Å². The number of hydrogen-bond acceptors (Lipinski definition) is 3. The molecule has 1 aliphatic heterocycles. The van der Waals surface area contributed by atoms with Gasteiger partial charge in [0.05, 0.1) is 17.1 Å². The quantitative estimate of drug-likeness (QED) is 0.365. The van der Waals surface area contributed by atoms with Gasteiger partial charge in [0, 0.05) is 19.6 Å². The first-order chi connectivity index (χ1) is 14.8. The Morgan fingerprint density at radius 1 is 0.700 bits per heavy atom. The molecule has 0 spiro atoms. The predicted octanol–water partition coefficient (Wildman–Crippen LogP) is 7.67. The minimum absolute atomic E-state index is 0.170. The number of hydrogen-bond donors (Lipinski definition) is 1. The number of fused-ring (bicyclic) bond motifs is 2. The molecule has 0 saturated heterocycles. The molecule has 0 aromatic heterocycles. The molecule has 4 aromatic rings. The first-order valence-corrected chi connectivity index (χ1v) is 11.2. The van der Waals surface area contributed by atoms with Crippen molar-refractivity contribution in [2.24, 2.45) is 0 Å². The smallest absolute Gasteiger partial charge is 0.306 e. The minimum Gasteiger partial charge on any atom is -0.306 e. The van der Waals surface area contributed by atoms with Gasteiger partial charge in [0.2, 0.25) is 0 Å². The Morgan fingerprint density at radius 3 is 1.97 bits per heavy atom. The van der Waals surface area contributed by atoms with E-state index < -0.39 is 0 Å². The summed E-state index contributed by atoms with van der Waals surface area (Å²) in [5, 5.41) is 3.14. The highest BCUT2D eigenvalue weighted by Gasteiger charge is 2.28. The highest BCUT2D eigenvalue weighted by molar-refractivity contribution is 8.00. The molecule has 5 rings (SSSR count). The Morgan fingerprint density at radius 2 is 1.27 bits per heavy atom. The van der Waals surface area contributed by atoms with Gasteiger partial charge in [-0.25, -0.2) is 4.79 Å². The zero-order chi connectivity index (χ0) is 20.3. The zero-order valence-electron chi connectivity index (χ0n) is 16.0. The summed E-state index contributed by atoms with van der Waals surface area (Å²) in [5.74, 6) is 0. The fraction of sp³-hybridized carbons (Fsp3) is 0. The van der Waals surface area contributed by atoms with Crippen molar-refractivity contribution < 1.29 is 4.79 Å². The molecule has 2 amide bonds. The average molecular weight is 427 g/mol. The molecule has 30 heavy (non-hydrogen) atoms. The van der Waals surface area contributed by atoms with Crippen LogP contribution in [0.4, 0.5) is 21.9 Å². The second-order valence-corrected chi connectivity index (χ2v) is 8.91. The summed E-state index contributed by atoms with van der Waals surface area (Å²) in [4.78, 5) is 19.5. The van der Waals surface area contributed by atoms with Crippen molar-refractivity contribution in [2.45, 2.75) is 19.6 Å². The predicted molar refractivity (Wildman–Crippen MR) is 125 cm³/mol. The minimum atomic E-state index is -0.170. The van der Waals surface area contributed by atoms with E-state index in [1.54, 1.807) is 28.4 Å². The number of rotatable bonds is 3. The van der Waals surface area contributed by atoms with Crippen LogP contribution in [0.5, 0.6) is 0 Å². The third kappa shape index (κ3) is 3.70. The fourth-order valence-electron chi connectivity index (χ4n) is 3.37. The summed E-state index contributed by atoms with van der Waals surface area (Å²) in [6.45, 7) is 0. The molecule has 1 N–H and O–H groups in total. The number of nitrogens with zero attached hydrogens (tertiary/aromatic N) is 1. The Hall–Kier alpha value is -3.15. The first-order valence-electron chi connectivity index (χ1n) is 9.58. The summed E-state index contributed by atoms with van der Waals surface area (Å²) >= 11 is 3.33. The van der Waals surface area contributed by atoms with Gasteiger partial charge in [-0.2, -0.15) is 0 Å². The van der Waals surface area contributed by atoms with Crippen LogP contribution in [-0.4, -0.2) is 6.03 Å². The van der Waals surface area contributed by atoms with Gasteiger partial charge in [0.15, 0.2) is 0 Å². The van der Waals surface area contributed by atoms with E-state index in [0.717, 1.165) is 36.6 Å². The van der Waals surface area contributed by atoms with Gasteiger partial charge >= 0.3 is 6.03 Å². The molecule has 0 radical (unpaired) electrons. The molecule has 0 unspecified atom stereocenters. The largest absolute Gasteiger partial charge is 0.331 e. The summed E-state index contributed by atoms with van der Waals surface area (Å²) in [6, 6.07) is 33.9. The van der Waals surface area contributed by atoms with Crippen LogP contribution in [0.3, 0.4) is 0 Å². The monoisotopic (exact) mass is 426 g/mol. The molecule has 0 aliphatic carbocycles. The number of anilines is 3. The number of carbonyl (C=O) groups excluding carboxylic acids is 1. The lowest BCUT2D eigenvalue weighted by atomic mass is 10.2. The molecule has 1 aliphatic rings. The summed E-state index contributed by atoms with van der Waals surface area (Å²) in [6.07, 6.45) is 0. The molecular weight excluding hydrogens is 408 g/mol. The Labute approximate surface area is 184 Å². The van der Waals surface area contributed by atoms with Gasteiger partial charge in [0.1, 0.15) is 0 Å². The van der Waals surface area contributed by atoms with Gasteiger partial charge < -0.3 is 5.32 Å². The lowest BCUT2D eigenvalue weighted by molar-refractivity contribution is 0.258. The molecule has 0 saturated carbocycles. The SMILES string of the molecule is O=C(Nc1ccccc1Sc1ccccc1)N1c2ccccc2Sc2ccccc21. The Balaban J connectivity index is 1.49. The summed E-state index contributed by atoms with van der Waals surface area (Å²) in [7, 11) is 0. The summed E-state index contributed by atoms with van der Waals surface area (Å²) < 4.78 is 0. The van der Waals surface area contributed by atoms with E-state index in [0.29, 0.717) is 0 Å². The number of para-hydroxylation sites is 3. The van der Waals surface area contributed by atoms with Crippen molar-refractivity contribution in [1.82, 2.24) is 0 Å². The molecule has 1 heterocycles. The van der Waals surface area contributed by atoms with Gasteiger partial charge in [-0.1, -0.05) is 78.1 Å². The second kappa shape index (κ2) is 8.30. The van der Waals surface area contributed by atoms with Crippen molar-refractivity contribution in [3.63, 3.8) is 0 Å². The van der Waals surface area contributed by atoms with E-state index in [2.05, 4.69) is 29.6 Å². The zero-order valence-corrected chi connectivity index (χ0v) is 17.6. The van der Waals surface area contributed by atoms with Crippen molar-refractivity contribution in [3.05, 3.63) is 103 Å². The fourth-order valence-corrected chi connectivity index (χ4v) is 5.35. The van der Waals surface area contributed by atoms with Crippen LogP contribution in [0, 0.1) is 0 Å². The van der Waals surface area contributed by atoms with E-state index >= 15 is 0 Å². The van der Waals surface area contributed by atoms with Crippen molar-refractivity contribution in [2.75, 3.05) is 10.2 Å². The molecule has 146 valence electrons. The van der Waals surface area contributed by atoms with Crippen molar-refractivity contribution in [1.29, 1.82) is 0 Å². The molecule has 0 fully saturated rings. The van der Waals surface area contributed by atoms with Gasteiger partial charge in [0.25, 0.3) is 0 Å². The highest BCUT2D eigenvalue weighted by Crippen LogP contribution is 2.48. The molecule has 0 atom stereocenters. The number of nitrogens with one attached hydrogen (secondary N) is 1. The maximum atomic E-state index is 13.5. The van der Waals surface area contributed by atoms with Crippen molar-refractivity contribution in [3.8, 4) is 0 Å². The van der Waals surface area contributed by atoms with E-state index in [9.17, 15) is 4.79 Å². The topological polar surface area (TPSA) is 32.3 Å². The number of benzene rings is 4. The lowest BCUT2D eigenvalue weighted by Gasteiger charge is -2.31. The van der Waals surface area contributed by atoms with E-state index in [1.807, 2.05) is 78.9 Å². The third-order valence-corrected chi connectivity index (χ3v) is 6.95. The Kier molecular flexibility index (Phi) is 5.22. The second-order valence-electron chi connectivity index (χ2n) is 6.71. The molecule has 0 bridgehead atoms. The van der Waals surface area contributed by atoms with Crippen LogP contribution in [0.2, 0.25) is 0 Å². The first kappa shape index (κ1) is 18.9. The number of amides is 2. The standard InChI is InChI=1S/C25H18N2OS2/c28-25(26-19-12-4-7-15-22(19)29-18-10-2-1-3-11-18)27-20-13-5-8-16-23(20)30-24-17-9-6-14-21(24)27/h1-17H,(H,26,28). The van der Waals surface area contributed by atoms with Crippen LogP contribution in [-0.2, 0) is 0 Å². The van der Waals surface area contributed by atoms with E-state index in [-0.39, 0.29) is 6.03 Å². The van der Waals surface area contributed by atoms with Crippen LogP contribution in [0.25, 0.3) is 0 Å². The van der Waals surface area contributed by atoms with Crippen LogP contribution < -0.4 is 10.2 Å². The summed E-state index contributed by atoms with van der Waals surface area (Å²) in [5.41, 5.74) is 2.59. The molecule has 3 nitrogen and oxygen atoms in total. The maximum Gasteiger partial charge on any atom is 0.331 e. The van der Waals surface area contributed by atoms with E-state index in [1.165, 1.54) is 0 Å². The number of urea groups is 1. The van der Waals surface area contributed by atoms with Crippen LogP contribution >= 0.6 is 23.5 Å². The lowest BCUT2D eigenvalue weighted by Crippen LogP contribution is -2.32. The Bertz CT molecular complexity index is 1160. The highest BCUT2D eigenvalue weighted by atomic mass is 32.2. The molecule has 5 heteroatoms. The molecular formula is C25H18N2OS2. The number of carbonyl (C=O) groups is 1. The maximum absolute atomic E-state index is 13.5. The average Bonchev–Trinajstić information content (AvgIpc) is 2.79. The van der Waals surface area contributed by atoms with Crippen LogP contribution in [0.1, 0.15) is 0 Å². The normalized spacial score (nSPS) is 12.1.